The normalized spacial score (nSPS) is 20.6. The average molecular weight is 300 g/mol. The molecular formula is C15H28N2O4. The van der Waals surface area contributed by atoms with E-state index in [-0.39, 0.29) is 23.9 Å². The number of hydrogen-bond donors (Lipinski definition) is 3. The van der Waals surface area contributed by atoms with Crippen molar-refractivity contribution in [1.29, 1.82) is 0 Å². The van der Waals surface area contributed by atoms with E-state index in [4.69, 9.17) is 9.84 Å². The SMILES string of the molecule is CC(C)(C)CC(CC(=O)O)NC(=O)NCC1CCCOC1. The van der Waals surface area contributed by atoms with Crippen molar-refractivity contribution < 1.29 is 19.4 Å². The van der Waals surface area contributed by atoms with Crippen LogP contribution in [0.25, 0.3) is 0 Å². The van der Waals surface area contributed by atoms with Crippen molar-refractivity contribution in [3.05, 3.63) is 0 Å². The molecular weight excluding hydrogens is 272 g/mol. The first-order chi connectivity index (χ1) is 9.76. The maximum atomic E-state index is 11.9. The Morgan fingerprint density at radius 1 is 1.38 bits per heavy atom. The second kappa shape index (κ2) is 8.22. The minimum atomic E-state index is -0.898. The average Bonchev–Trinajstić information content (AvgIpc) is 2.34. The summed E-state index contributed by atoms with van der Waals surface area (Å²) in [5.74, 6) is -0.546. The fourth-order valence-corrected chi connectivity index (χ4v) is 2.57. The van der Waals surface area contributed by atoms with Gasteiger partial charge in [0, 0.05) is 19.2 Å². The van der Waals surface area contributed by atoms with Gasteiger partial charge in [-0.2, -0.15) is 0 Å². The summed E-state index contributed by atoms with van der Waals surface area (Å²) in [5, 5.41) is 14.5. The van der Waals surface area contributed by atoms with E-state index in [1.807, 2.05) is 20.8 Å². The Balaban J connectivity index is 2.37. The molecule has 6 heteroatoms. The van der Waals surface area contributed by atoms with Crippen LogP contribution in [-0.2, 0) is 9.53 Å². The predicted octanol–water partition coefficient (Wildman–Crippen LogP) is 1.99. The van der Waals surface area contributed by atoms with Gasteiger partial charge in [-0.25, -0.2) is 4.79 Å². The number of urea groups is 1. The highest BCUT2D eigenvalue weighted by molar-refractivity contribution is 5.75. The van der Waals surface area contributed by atoms with Crippen LogP contribution in [-0.4, -0.2) is 42.9 Å². The summed E-state index contributed by atoms with van der Waals surface area (Å²) in [5.41, 5.74) is -0.0371. The van der Waals surface area contributed by atoms with E-state index in [1.165, 1.54) is 0 Å². The van der Waals surface area contributed by atoms with E-state index in [1.54, 1.807) is 0 Å². The first kappa shape index (κ1) is 17.8. The summed E-state index contributed by atoms with van der Waals surface area (Å²) in [7, 11) is 0. The highest BCUT2D eigenvalue weighted by atomic mass is 16.5. The van der Waals surface area contributed by atoms with Gasteiger partial charge in [0.1, 0.15) is 0 Å². The lowest BCUT2D eigenvalue weighted by Crippen LogP contribution is -2.46. The summed E-state index contributed by atoms with van der Waals surface area (Å²) in [6.07, 6.45) is 2.65. The lowest BCUT2D eigenvalue weighted by atomic mass is 9.87. The molecule has 1 rings (SSSR count). The largest absolute Gasteiger partial charge is 0.481 e. The molecule has 0 radical (unpaired) electrons. The molecule has 0 aromatic rings. The third-order valence-electron chi connectivity index (χ3n) is 3.42. The van der Waals surface area contributed by atoms with Gasteiger partial charge in [-0.3, -0.25) is 4.79 Å². The van der Waals surface area contributed by atoms with E-state index in [0.29, 0.717) is 25.5 Å². The monoisotopic (exact) mass is 300 g/mol. The zero-order valence-electron chi connectivity index (χ0n) is 13.3. The van der Waals surface area contributed by atoms with Crippen molar-refractivity contribution in [1.82, 2.24) is 10.6 Å². The quantitative estimate of drug-likeness (QED) is 0.700. The molecule has 6 nitrogen and oxygen atoms in total. The Kier molecular flexibility index (Phi) is 6.95. The molecule has 21 heavy (non-hydrogen) atoms. The number of ether oxygens (including phenoxy) is 1. The molecule has 1 fully saturated rings. The molecule has 1 aliphatic heterocycles. The van der Waals surface area contributed by atoms with Crippen LogP contribution < -0.4 is 10.6 Å². The van der Waals surface area contributed by atoms with Gasteiger partial charge in [-0.05, 0) is 30.6 Å². The highest BCUT2D eigenvalue weighted by Crippen LogP contribution is 2.22. The molecule has 0 bridgehead atoms. The lowest BCUT2D eigenvalue weighted by molar-refractivity contribution is -0.137. The first-order valence-electron chi connectivity index (χ1n) is 7.60. The van der Waals surface area contributed by atoms with Crippen molar-refractivity contribution in [3.63, 3.8) is 0 Å². The predicted molar refractivity (Wildman–Crippen MR) is 80.2 cm³/mol. The van der Waals surface area contributed by atoms with Crippen molar-refractivity contribution in [2.75, 3.05) is 19.8 Å². The summed E-state index contributed by atoms with van der Waals surface area (Å²) in [4.78, 5) is 22.8. The molecule has 1 saturated heterocycles. The molecule has 2 unspecified atom stereocenters. The summed E-state index contributed by atoms with van der Waals surface area (Å²) in [6, 6.07) is -0.652. The molecule has 1 aliphatic rings. The number of nitrogens with one attached hydrogen (secondary N) is 2. The molecule has 0 spiro atoms. The molecule has 0 aromatic carbocycles. The fourth-order valence-electron chi connectivity index (χ4n) is 2.57. The molecule has 0 saturated carbocycles. The Morgan fingerprint density at radius 3 is 2.62 bits per heavy atom. The summed E-state index contributed by atoms with van der Waals surface area (Å²) < 4.78 is 5.36. The van der Waals surface area contributed by atoms with E-state index >= 15 is 0 Å². The molecule has 3 N–H and O–H groups in total. The number of amides is 2. The molecule has 0 aromatic heterocycles. The van der Waals surface area contributed by atoms with Crippen molar-refractivity contribution in [3.8, 4) is 0 Å². The van der Waals surface area contributed by atoms with Crippen molar-refractivity contribution in [2.24, 2.45) is 11.3 Å². The summed E-state index contributed by atoms with van der Waals surface area (Å²) in [6.45, 7) is 8.14. The number of carbonyl (C=O) groups excluding carboxylic acids is 1. The maximum Gasteiger partial charge on any atom is 0.315 e. The standard InChI is InChI=1S/C15H28N2O4/c1-15(2,3)8-12(7-13(18)19)17-14(20)16-9-11-5-4-6-21-10-11/h11-12H,4-10H2,1-3H3,(H,18,19)(H2,16,17,20). The van der Waals surface area contributed by atoms with Crippen LogP contribution in [0.4, 0.5) is 4.79 Å². The maximum absolute atomic E-state index is 11.9. The van der Waals surface area contributed by atoms with Crippen LogP contribution in [0.3, 0.4) is 0 Å². The van der Waals surface area contributed by atoms with Crippen LogP contribution in [0.2, 0.25) is 0 Å². The number of carbonyl (C=O) groups is 2. The van der Waals surface area contributed by atoms with Gasteiger partial charge >= 0.3 is 12.0 Å². The zero-order chi connectivity index (χ0) is 15.9. The lowest BCUT2D eigenvalue weighted by Gasteiger charge is -2.27. The van der Waals surface area contributed by atoms with Gasteiger partial charge in [0.25, 0.3) is 0 Å². The van der Waals surface area contributed by atoms with E-state index in [9.17, 15) is 9.59 Å². The van der Waals surface area contributed by atoms with Gasteiger partial charge in [-0.1, -0.05) is 20.8 Å². The van der Waals surface area contributed by atoms with Crippen LogP contribution in [0, 0.1) is 11.3 Å². The number of carboxylic acid groups (broad SMARTS) is 1. The third kappa shape index (κ3) is 8.55. The zero-order valence-corrected chi connectivity index (χ0v) is 13.3. The molecule has 1 heterocycles. The molecule has 2 atom stereocenters. The second-order valence-corrected chi connectivity index (χ2v) is 7.00. The van der Waals surface area contributed by atoms with Crippen LogP contribution in [0.5, 0.6) is 0 Å². The van der Waals surface area contributed by atoms with E-state index in [0.717, 1.165) is 19.4 Å². The van der Waals surface area contributed by atoms with Crippen LogP contribution in [0.1, 0.15) is 46.5 Å². The van der Waals surface area contributed by atoms with Crippen LogP contribution >= 0.6 is 0 Å². The second-order valence-electron chi connectivity index (χ2n) is 7.00. The highest BCUT2D eigenvalue weighted by Gasteiger charge is 2.23. The van der Waals surface area contributed by atoms with Gasteiger partial charge in [0.2, 0.25) is 0 Å². The first-order valence-corrected chi connectivity index (χ1v) is 7.60. The topological polar surface area (TPSA) is 87.7 Å². The fraction of sp³-hybridized carbons (Fsp3) is 0.867. The number of hydrogen-bond acceptors (Lipinski definition) is 3. The van der Waals surface area contributed by atoms with E-state index in [2.05, 4.69) is 10.6 Å². The molecule has 0 aliphatic carbocycles. The van der Waals surface area contributed by atoms with Crippen molar-refractivity contribution >= 4 is 12.0 Å². The van der Waals surface area contributed by atoms with E-state index < -0.39 is 5.97 Å². The Morgan fingerprint density at radius 2 is 2.10 bits per heavy atom. The number of rotatable bonds is 6. The summed E-state index contributed by atoms with van der Waals surface area (Å²) >= 11 is 0. The minimum absolute atomic E-state index is 0.0371. The van der Waals surface area contributed by atoms with Gasteiger partial charge in [0.15, 0.2) is 0 Å². The van der Waals surface area contributed by atoms with Crippen LogP contribution in [0.15, 0.2) is 0 Å². The Bertz CT molecular complexity index is 346. The number of carboxylic acids is 1. The van der Waals surface area contributed by atoms with Gasteiger partial charge in [0.05, 0.1) is 13.0 Å². The van der Waals surface area contributed by atoms with Crippen molar-refractivity contribution in [2.45, 2.75) is 52.5 Å². The number of aliphatic carboxylic acids is 1. The Labute approximate surface area is 126 Å². The minimum Gasteiger partial charge on any atom is -0.481 e. The third-order valence-corrected chi connectivity index (χ3v) is 3.42. The van der Waals surface area contributed by atoms with Gasteiger partial charge in [-0.15, -0.1) is 0 Å². The molecule has 2 amide bonds. The smallest absolute Gasteiger partial charge is 0.315 e. The Hall–Kier alpha value is -1.30. The molecule has 122 valence electrons. The van der Waals surface area contributed by atoms with Gasteiger partial charge < -0.3 is 20.5 Å².